The van der Waals surface area contributed by atoms with Gasteiger partial charge < -0.3 is 15.4 Å². The fourth-order valence-corrected chi connectivity index (χ4v) is 1.46. The van der Waals surface area contributed by atoms with Crippen LogP contribution in [0.3, 0.4) is 0 Å². The van der Waals surface area contributed by atoms with E-state index in [0.717, 1.165) is 0 Å². The Bertz CT molecular complexity index is 283. The van der Waals surface area contributed by atoms with Gasteiger partial charge in [-0.1, -0.05) is 0 Å². The van der Waals surface area contributed by atoms with Crippen LogP contribution < -0.4 is 5.73 Å². The summed E-state index contributed by atoms with van der Waals surface area (Å²) >= 11 is 0. The van der Waals surface area contributed by atoms with Gasteiger partial charge in [-0.2, -0.15) is 26.3 Å². The molecule has 20 heavy (non-hydrogen) atoms. The summed E-state index contributed by atoms with van der Waals surface area (Å²) in [6.45, 7) is -0.780. The largest absolute Gasteiger partial charge is 0.409 e. The molecule has 2 N–H and O–H groups in total. The number of hydrogen-bond acceptors (Lipinski definition) is 3. The van der Waals surface area contributed by atoms with E-state index in [-0.39, 0.29) is 32.7 Å². The number of carbonyl (C=O) groups excluding carboxylic acids is 1. The average molecular weight is 310 g/mol. The Morgan fingerprint density at radius 1 is 1.15 bits per heavy atom. The molecule has 0 aliphatic rings. The van der Waals surface area contributed by atoms with Crippen molar-refractivity contribution in [2.75, 3.05) is 33.4 Å². The number of rotatable bonds is 7. The highest BCUT2D eigenvalue weighted by atomic mass is 19.4. The van der Waals surface area contributed by atoms with Gasteiger partial charge in [-0.25, -0.2) is 0 Å². The summed E-state index contributed by atoms with van der Waals surface area (Å²) in [5.41, 5.74) is 5.14. The monoisotopic (exact) mass is 310 g/mol. The van der Waals surface area contributed by atoms with E-state index in [0.29, 0.717) is 4.90 Å². The zero-order valence-electron chi connectivity index (χ0n) is 10.7. The van der Waals surface area contributed by atoms with Crippen LogP contribution in [-0.4, -0.2) is 56.5 Å². The Labute approximate surface area is 111 Å². The molecule has 0 rings (SSSR count). The van der Waals surface area contributed by atoms with Gasteiger partial charge in [-0.15, -0.1) is 0 Å². The minimum absolute atomic E-state index is 0.0411. The van der Waals surface area contributed by atoms with Crippen molar-refractivity contribution in [2.45, 2.75) is 18.8 Å². The first-order valence-corrected chi connectivity index (χ1v) is 5.67. The second-order valence-electron chi connectivity index (χ2n) is 3.98. The van der Waals surface area contributed by atoms with Gasteiger partial charge in [-0.05, 0) is 13.0 Å². The number of amides is 1. The molecule has 0 atom stereocenters. The third-order valence-corrected chi connectivity index (χ3v) is 2.41. The fraction of sp³-hybridized carbons (Fsp3) is 0.900. The van der Waals surface area contributed by atoms with Crippen molar-refractivity contribution in [1.29, 1.82) is 0 Å². The molecule has 0 aliphatic heterocycles. The molecule has 0 radical (unpaired) electrons. The van der Waals surface area contributed by atoms with Crippen LogP contribution in [0.1, 0.15) is 6.42 Å². The van der Waals surface area contributed by atoms with Crippen molar-refractivity contribution < 1.29 is 35.9 Å². The van der Waals surface area contributed by atoms with E-state index in [9.17, 15) is 31.1 Å². The van der Waals surface area contributed by atoms with E-state index in [1.165, 1.54) is 7.11 Å². The van der Waals surface area contributed by atoms with Crippen molar-refractivity contribution in [3.05, 3.63) is 0 Å². The van der Waals surface area contributed by atoms with Crippen LogP contribution in [0.4, 0.5) is 26.3 Å². The maximum Gasteiger partial charge on any atom is 0.409 e. The number of ether oxygens (including phenoxy) is 1. The Balaban J connectivity index is 5.14. The molecule has 120 valence electrons. The number of carbonyl (C=O) groups is 1. The van der Waals surface area contributed by atoms with E-state index >= 15 is 0 Å². The first-order valence-electron chi connectivity index (χ1n) is 5.67. The summed E-state index contributed by atoms with van der Waals surface area (Å²) in [7, 11) is 1.22. The molecule has 0 unspecified atom stereocenters. The maximum absolute atomic E-state index is 12.4. The predicted octanol–water partition coefficient (Wildman–Crippen LogP) is 1.55. The van der Waals surface area contributed by atoms with E-state index in [2.05, 4.69) is 4.74 Å². The van der Waals surface area contributed by atoms with Crippen LogP contribution in [0.15, 0.2) is 0 Å². The van der Waals surface area contributed by atoms with Gasteiger partial charge in [-0.3, -0.25) is 4.79 Å². The second-order valence-corrected chi connectivity index (χ2v) is 3.98. The Kier molecular flexibility index (Phi) is 7.28. The van der Waals surface area contributed by atoms with Crippen LogP contribution in [-0.2, 0) is 9.53 Å². The second kappa shape index (κ2) is 7.67. The fourth-order valence-electron chi connectivity index (χ4n) is 1.46. The van der Waals surface area contributed by atoms with Gasteiger partial charge in [0, 0.05) is 20.2 Å². The molecular weight excluding hydrogens is 294 g/mol. The molecular formula is C10H16F6N2O2. The molecule has 0 spiro atoms. The quantitative estimate of drug-likeness (QED) is 0.726. The van der Waals surface area contributed by atoms with Crippen molar-refractivity contribution in [3.63, 3.8) is 0 Å². The molecule has 0 aromatic carbocycles. The first-order chi connectivity index (χ1) is 9.05. The minimum Gasteiger partial charge on any atom is -0.383 e. The van der Waals surface area contributed by atoms with Crippen LogP contribution in [0.2, 0.25) is 0 Å². The summed E-state index contributed by atoms with van der Waals surface area (Å²) in [6, 6.07) is 0. The number of nitrogens with zero attached hydrogens (tertiary/aromatic N) is 1. The Morgan fingerprint density at radius 2 is 1.65 bits per heavy atom. The summed E-state index contributed by atoms with van der Waals surface area (Å²) < 4.78 is 79.3. The standard InChI is InChI=1S/C10H16F6N2O2/c1-20-6-5-18(4-2-3-17)8(19)7(9(11,12)13)10(14,15)16/h7H,2-6,17H2,1H3. The van der Waals surface area contributed by atoms with Gasteiger partial charge in [0.1, 0.15) is 0 Å². The van der Waals surface area contributed by atoms with Crippen molar-refractivity contribution in [1.82, 2.24) is 4.90 Å². The van der Waals surface area contributed by atoms with Crippen molar-refractivity contribution in [2.24, 2.45) is 11.7 Å². The molecule has 0 aromatic rings. The lowest BCUT2D eigenvalue weighted by atomic mass is 10.1. The molecule has 1 amide bonds. The molecule has 0 saturated heterocycles. The van der Waals surface area contributed by atoms with Gasteiger partial charge in [0.25, 0.3) is 0 Å². The summed E-state index contributed by atoms with van der Waals surface area (Å²) in [6.07, 6.45) is -11.3. The molecule has 0 aliphatic carbocycles. The van der Waals surface area contributed by atoms with Crippen molar-refractivity contribution in [3.8, 4) is 0 Å². The summed E-state index contributed by atoms with van der Waals surface area (Å²) in [5, 5.41) is 0. The zero-order chi connectivity index (χ0) is 16.0. The summed E-state index contributed by atoms with van der Waals surface area (Å²) in [5.74, 6) is -6.06. The number of nitrogens with two attached hydrogens (primary N) is 1. The van der Waals surface area contributed by atoms with Crippen LogP contribution in [0, 0.1) is 5.92 Å². The van der Waals surface area contributed by atoms with Crippen LogP contribution in [0.5, 0.6) is 0 Å². The molecule has 0 fully saturated rings. The number of halogens is 6. The lowest BCUT2D eigenvalue weighted by Crippen LogP contribution is -2.50. The SMILES string of the molecule is COCCN(CCCN)C(=O)C(C(F)(F)F)C(F)(F)F. The molecule has 10 heteroatoms. The minimum atomic E-state index is -5.69. The third-order valence-electron chi connectivity index (χ3n) is 2.41. The van der Waals surface area contributed by atoms with E-state index in [4.69, 9.17) is 5.73 Å². The number of hydrogen-bond donors (Lipinski definition) is 1. The molecule has 0 saturated carbocycles. The van der Waals surface area contributed by atoms with Crippen LogP contribution in [0.25, 0.3) is 0 Å². The van der Waals surface area contributed by atoms with Gasteiger partial charge in [0.15, 0.2) is 0 Å². The molecule has 4 nitrogen and oxygen atoms in total. The molecule has 0 bridgehead atoms. The highest BCUT2D eigenvalue weighted by Crippen LogP contribution is 2.40. The maximum atomic E-state index is 12.4. The third kappa shape index (κ3) is 5.95. The number of alkyl halides is 6. The topological polar surface area (TPSA) is 55.6 Å². The van der Waals surface area contributed by atoms with E-state index in [1.54, 1.807) is 0 Å². The molecule has 0 heterocycles. The predicted molar refractivity (Wildman–Crippen MR) is 57.7 cm³/mol. The van der Waals surface area contributed by atoms with Crippen molar-refractivity contribution >= 4 is 5.91 Å². The molecule has 0 aromatic heterocycles. The lowest BCUT2D eigenvalue weighted by Gasteiger charge is -2.29. The summed E-state index contributed by atoms with van der Waals surface area (Å²) in [4.78, 5) is 12.0. The Morgan fingerprint density at radius 3 is 2.00 bits per heavy atom. The number of methoxy groups -OCH3 is 1. The van der Waals surface area contributed by atoms with Gasteiger partial charge in [0.05, 0.1) is 6.61 Å². The first kappa shape index (κ1) is 19.0. The van der Waals surface area contributed by atoms with Gasteiger partial charge in [0.2, 0.25) is 11.8 Å². The van der Waals surface area contributed by atoms with Gasteiger partial charge >= 0.3 is 12.4 Å². The van der Waals surface area contributed by atoms with E-state index in [1.807, 2.05) is 0 Å². The zero-order valence-corrected chi connectivity index (χ0v) is 10.7. The highest BCUT2D eigenvalue weighted by Gasteiger charge is 2.61. The smallest absolute Gasteiger partial charge is 0.383 e. The van der Waals surface area contributed by atoms with E-state index < -0.39 is 24.2 Å². The Hall–Kier alpha value is -1.03. The van der Waals surface area contributed by atoms with Crippen LogP contribution >= 0.6 is 0 Å². The average Bonchev–Trinajstić information content (AvgIpc) is 2.25. The highest BCUT2D eigenvalue weighted by molar-refractivity contribution is 5.80. The lowest BCUT2D eigenvalue weighted by molar-refractivity contribution is -0.277. The normalized spacial score (nSPS) is 12.8.